The van der Waals surface area contributed by atoms with Gasteiger partial charge in [-0.3, -0.25) is 0 Å². The molecule has 4 aliphatic carbocycles. The molecule has 0 heterocycles. The topological polar surface area (TPSA) is 0 Å². The van der Waals surface area contributed by atoms with Crippen LogP contribution in [0.4, 0.5) is 0 Å². The van der Waals surface area contributed by atoms with Crippen LogP contribution in [0.2, 0.25) is 0 Å². The standard InChI is InChI=1S/C47H44P2/c1-30-14-22-34(23-15-30)48(35-24-16-31(2)17-25-35)42-12-6-10-40-44-38-8-5-9-39(38)47(45(40)42)46-41(44)11-7-13-43(46)49(36-26-18-32(3)19-27-36)37-28-20-33(4)21-29-37/h6-7,10-29,38-39,44,47H,5,8-9H2,1-4H3/t38-,39+,44?,47?/m1/s1. The highest BCUT2D eigenvalue weighted by atomic mass is 31.1. The number of hydrogen-bond acceptors (Lipinski definition) is 0. The molecule has 0 aromatic heterocycles. The summed E-state index contributed by atoms with van der Waals surface area (Å²) in [5, 5.41) is 8.98. The van der Waals surface area contributed by atoms with Crippen molar-refractivity contribution in [3.8, 4) is 0 Å². The first kappa shape index (κ1) is 31.2. The Kier molecular flexibility index (Phi) is 7.95. The van der Waals surface area contributed by atoms with Gasteiger partial charge in [-0.2, -0.15) is 0 Å². The average molecular weight is 671 g/mol. The zero-order valence-corrected chi connectivity index (χ0v) is 30.8. The van der Waals surface area contributed by atoms with Gasteiger partial charge in [-0.1, -0.05) is 162 Å². The van der Waals surface area contributed by atoms with E-state index in [1.54, 1.807) is 32.9 Å². The van der Waals surface area contributed by atoms with E-state index in [0.29, 0.717) is 17.8 Å². The highest BCUT2D eigenvalue weighted by Gasteiger charge is 2.53. The predicted octanol–water partition coefficient (Wildman–Crippen LogP) is 9.44. The van der Waals surface area contributed by atoms with Crippen LogP contribution in [-0.2, 0) is 0 Å². The van der Waals surface area contributed by atoms with Gasteiger partial charge >= 0.3 is 0 Å². The Balaban J connectivity index is 1.30. The van der Waals surface area contributed by atoms with Crippen molar-refractivity contribution in [3.05, 3.63) is 178 Å². The monoisotopic (exact) mass is 670 g/mol. The molecule has 0 nitrogen and oxygen atoms in total. The Labute approximate surface area is 295 Å². The molecule has 2 atom stereocenters. The van der Waals surface area contributed by atoms with Gasteiger partial charge in [0.2, 0.25) is 0 Å². The van der Waals surface area contributed by atoms with Crippen LogP contribution in [0.3, 0.4) is 0 Å². The van der Waals surface area contributed by atoms with Crippen LogP contribution in [0.5, 0.6) is 0 Å². The fraction of sp³-hybridized carbons (Fsp3) is 0.234. The van der Waals surface area contributed by atoms with Crippen LogP contribution < -0.4 is 31.8 Å². The third-order valence-corrected chi connectivity index (χ3v) is 16.7. The maximum Gasteiger partial charge on any atom is 0.0140 e. The van der Waals surface area contributed by atoms with Crippen molar-refractivity contribution in [2.75, 3.05) is 0 Å². The van der Waals surface area contributed by atoms with Crippen LogP contribution in [0.15, 0.2) is 133 Å². The minimum Gasteiger partial charge on any atom is -0.0613 e. The molecule has 6 aromatic rings. The maximum atomic E-state index is 2.52. The van der Waals surface area contributed by atoms with Gasteiger partial charge in [-0.05, 0) is 122 Å². The van der Waals surface area contributed by atoms with Gasteiger partial charge in [-0.15, -0.1) is 0 Å². The lowest BCUT2D eigenvalue weighted by molar-refractivity contribution is 0.273. The van der Waals surface area contributed by atoms with Gasteiger partial charge < -0.3 is 0 Å². The SMILES string of the molecule is Cc1ccc(P(c2ccc(C)cc2)c2cccc3c2C2c4c(cccc4P(c4ccc(C)cc4)c4ccc(C)cc4)C3[C@@H]3CCC[C@H]23)cc1. The highest BCUT2D eigenvalue weighted by Crippen LogP contribution is 2.64. The molecule has 2 bridgehead atoms. The second-order valence-electron chi connectivity index (χ2n) is 14.8. The second kappa shape index (κ2) is 12.5. The van der Waals surface area contributed by atoms with Gasteiger partial charge in [0.1, 0.15) is 0 Å². The van der Waals surface area contributed by atoms with Gasteiger partial charge in [0.15, 0.2) is 0 Å². The molecule has 0 saturated heterocycles. The maximum absolute atomic E-state index is 2.52. The fourth-order valence-electron chi connectivity index (χ4n) is 9.43. The van der Waals surface area contributed by atoms with Crippen LogP contribution in [-0.4, -0.2) is 0 Å². The first-order chi connectivity index (χ1) is 24.0. The summed E-state index contributed by atoms with van der Waals surface area (Å²) in [6, 6.07) is 52.7. The van der Waals surface area contributed by atoms with Crippen LogP contribution in [0.25, 0.3) is 0 Å². The molecule has 0 spiro atoms. The van der Waals surface area contributed by atoms with Crippen LogP contribution in [0.1, 0.15) is 75.6 Å². The predicted molar refractivity (Wildman–Crippen MR) is 214 cm³/mol. The molecular weight excluding hydrogens is 626 g/mol. The zero-order chi connectivity index (χ0) is 33.2. The molecule has 10 rings (SSSR count). The van der Waals surface area contributed by atoms with Crippen molar-refractivity contribution < 1.29 is 0 Å². The molecule has 1 fully saturated rings. The van der Waals surface area contributed by atoms with Crippen LogP contribution in [0, 0.1) is 39.5 Å². The molecule has 4 aliphatic rings. The van der Waals surface area contributed by atoms with Gasteiger partial charge in [0.05, 0.1) is 0 Å². The zero-order valence-electron chi connectivity index (χ0n) is 29.0. The third kappa shape index (κ3) is 5.27. The smallest absolute Gasteiger partial charge is 0.0140 e. The Morgan fingerprint density at radius 2 is 0.714 bits per heavy atom. The number of benzene rings is 6. The van der Waals surface area contributed by atoms with Crippen molar-refractivity contribution in [2.45, 2.75) is 58.8 Å². The van der Waals surface area contributed by atoms with E-state index < -0.39 is 15.8 Å². The minimum absolute atomic E-state index is 0.427. The summed E-state index contributed by atoms with van der Waals surface area (Å²) in [4.78, 5) is 0. The van der Waals surface area contributed by atoms with E-state index >= 15 is 0 Å². The average Bonchev–Trinajstić information content (AvgIpc) is 3.63. The van der Waals surface area contributed by atoms with E-state index in [-0.39, 0.29) is 0 Å². The normalized spacial score (nSPS) is 20.4. The van der Waals surface area contributed by atoms with Gasteiger partial charge in [0.25, 0.3) is 0 Å². The summed E-state index contributed by atoms with van der Waals surface area (Å²) < 4.78 is 0. The summed E-state index contributed by atoms with van der Waals surface area (Å²) in [7, 11) is -1.44. The van der Waals surface area contributed by atoms with E-state index in [2.05, 4.69) is 161 Å². The molecule has 2 heteroatoms. The minimum atomic E-state index is -0.719. The van der Waals surface area contributed by atoms with Crippen LogP contribution >= 0.6 is 15.8 Å². The van der Waals surface area contributed by atoms with Crippen molar-refractivity contribution in [2.24, 2.45) is 11.8 Å². The van der Waals surface area contributed by atoms with Crippen molar-refractivity contribution in [3.63, 3.8) is 0 Å². The molecule has 0 amide bonds. The van der Waals surface area contributed by atoms with E-state index in [0.717, 1.165) is 5.92 Å². The van der Waals surface area contributed by atoms with Gasteiger partial charge in [0, 0.05) is 11.8 Å². The van der Waals surface area contributed by atoms with E-state index in [9.17, 15) is 0 Å². The molecule has 0 unspecified atom stereocenters. The van der Waals surface area contributed by atoms with Crippen molar-refractivity contribution in [1.82, 2.24) is 0 Å². The van der Waals surface area contributed by atoms with E-state index in [1.165, 1.54) is 62.7 Å². The molecule has 0 radical (unpaired) electrons. The molecule has 0 N–H and O–H groups in total. The van der Waals surface area contributed by atoms with Gasteiger partial charge in [-0.25, -0.2) is 0 Å². The number of aryl methyl sites for hydroxylation is 4. The lowest BCUT2D eigenvalue weighted by Crippen LogP contribution is -2.43. The molecular formula is C47H44P2. The molecule has 1 saturated carbocycles. The first-order valence-corrected chi connectivity index (χ1v) is 20.8. The lowest BCUT2D eigenvalue weighted by Gasteiger charge is -2.51. The summed E-state index contributed by atoms with van der Waals surface area (Å²) in [6.07, 6.45) is 4.05. The summed E-state index contributed by atoms with van der Waals surface area (Å²) in [5.41, 5.74) is 11.9. The van der Waals surface area contributed by atoms with Crippen molar-refractivity contribution >= 4 is 47.7 Å². The Morgan fingerprint density at radius 1 is 0.388 bits per heavy atom. The molecule has 242 valence electrons. The Hall–Kier alpha value is -3.82. The second-order valence-corrected chi connectivity index (χ2v) is 19.2. The summed E-state index contributed by atoms with van der Waals surface area (Å²) >= 11 is 0. The largest absolute Gasteiger partial charge is 0.0613 e. The quantitative estimate of drug-likeness (QED) is 0.155. The Morgan fingerprint density at radius 3 is 1.06 bits per heavy atom. The fourth-order valence-corrected chi connectivity index (χ4v) is 14.4. The third-order valence-electron chi connectivity index (χ3n) is 11.7. The summed E-state index contributed by atoms with van der Waals surface area (Å²) in [5.74, 6) is 2.35. The van der Waals surface area contributed by atoms with Crippen molar-refractivity contribution in [1.29, 1.82) is 0 Å². The molecule has 49 heavy (non-hydrogen) atoms. The molecule has 6 aromatic carbocycles. The first-order valence-electron chi connectivity index (χ1n) is 18.1. The highest BCUT2D eigenvalue weighted by molar-refractivity contribution is 7.80. The summed E-state index contributed by atoms with van der Waals surface area (Å²) in [6.45, 7) is 8.83. The van der Waals surface area contributed by atoms with E-state index in [4.69, 9.17) is 0 Å². The Bertz CT molecular complexity index is 1900. The lowest BCUT2D eigenvalue weighted by atomic mass is 9.55. The number of hydrogen-bond donors (Lipinski definition) is 0. The molecule has 0 aliphatic heterocycles. The number of rotatable bonds is 6. The van der Waals surface area contributed by atoms with E-state index in [1.807, 2.05) is 0 Å².